The Kier molecular flexibility index (Phi) is 7.06. The van der Waals surface area contributed by atoms with Crippen LogP contribution in [0.1, 0.15) is 39.2 Å². The molecule has 1 aromatic heterocycles. The SMILES string of the molecule is CC(C)(C)CN(Cc1ccccc1)C(=O)C1(n2cccn2)CCNCC1.Cl. The predicted octanol–water partition coefficient (Wildman–Crippen LogP) is 3.46. The van der Waals surface area contributed by atoms with Gasteiger partial charge < -0.3 is 10.2 Å². The molecule has 1 amide bonds. The maximum Gasteiger partial charge on any atom is 0.250 e. The van der Waals surface area contributed by atoms with Crippen LogP contribution in [0.5, 0.6) is 0 Å². The molecule has 1 aliphatic rings. The highest BCUT2D eigenvalue weighted by Crippen LogP contribution is 2.31. The minimum Gasteiger partial charge on any atom is -0.336 e. The molecule has 27 heavy (non-hydrogen) atoms. The minimum absolute atomic E-state index is 0. The third-order valence-corrected chi connectivity index (χ3v) is 4.94. The Labute approximate surface area is 168 Å². The molecule has 2 heterocycles. The topological polar surface area (TPSA) is 50.2 Å². The summed E-state index contributed by atoms with van der Waals surface area (Å²) in [5.74, 6) is 0.182. The van der Waals surface area contributed by atoms with E-state index in [9.17, 15) is 4.79 Å². The predicted molar refractivity (Wildman–Crippen MR) is 111 cm³/mol. The molecule has 0 atom stereocenters. The van der Waals surface area contributed by atoms with Crippen LogP contribution in [0.4, 0.5) is 0 Å². The van der Waals surface area contributed by atoms with Crippen molar-refractivity contribution >= 4 is 18.3 Å². The molecule has 148 valence electrons. The highest BCUT2D eigenvalue weighted by molar-refractivity contribution is 5.85. The summed E-state index contributed by atoms with van der Waals surface area (Å²) in [6.07, 6.45) is 5.23. The van der Waals surface area contributed by atoms with Gasteiger partial charge in [-0.15, -0.1) is 12.4 Å². The van der Waals surface area contributed by atoms with E-state index in [4.69, 9.17) is 0 Å². The number of benzene rings is 1. The van der Waals surface area contributed by atoms with Gasteiger partial charge in [0.15, 0.2) is 0 Å². The van der Waals surface area contributed by atoms with E-state index < -0.39 is 5.54 Å². The standard InChI is InChI=1S/C21H30N4O.ClH/c1-20(2,3)17-24(16-18-8-5-4-6-9-18)19(26)21(10-13-22-14-11-21)25-15-7-12-23-25;/h4-9,12,15,22H,10-11,13-14,16-17H2,1-3H3;1H. The van der Waals surface area contributed by atoms with E-state index in [0.717, 1.165) is 38.0 Å². The molecule has 0 saturated carbocycles. The van der Waals surface area contributed by atoms with Gasteiger partial charge in [0.25, 0.3) is 5.91 Å². The van der Waals surface area contributed by atoms with Crippen LogP contribution in [-0.2, 0) is 16.9 Å². The lowest BCUT2D eigenvalue weighted by atomic mass is 9.85. The number of halogens is 1. The second-order valence-electron chi connectivity index (χ2n) is 8.44. The van der Waals surface area contributed by atoms with Crippen molar-refractivity contribution in [1.82, 2.24) is 20.0 Å². The van der Waals surface area contributed by atoms with Crippen LogP contribution in [0, 0.1) is 5.41 Å². The van der Waals surface area contributed by atoms with Crippen molar-refractivity contribution in [2.45, 2.75) is 45.7 Å². The number of nitrogens with one attached hydrogen (secondary N) is 1. The molecule has 0 spiro atoms. The van der Waals surface area contributed by atoms with E-state index in [1.165, 1.54) is 0 Å². The lowest BCUT2D eigenvalue weighted by molar-refractivity contribution is -0.145. The largest absolute Gasteiger partial charge is 0.336 e. The summed E-state index contributed by atoms with van der Waals surface area (Å²) in [7, 11) is 0. The monoisotopic (exact) mass is 390 g/mol. The number of hydrogen-bond acceptors (Lipinski definition) is 3. The Hall–Kier alpha value is -1.85. The molecule has 0 radical (unpaired) electrons. The van der Waals surface area contributed by atoms with Crippen molar-refractivity contribution in [3.63, 3.8) is 0 Å². The number of carbonyl (C=O) groups is 1. The summed E-state index contributed by atoms with van der Waals surface area (Å²) in [4.78, 5) is 15.9. The average Bonchev–Trinajstić information content (AvgIpc) is 3.16. The zero-order valence-electron chi connectivity index (χ0n) is 16.5. The van der Waals surface area contributed by atoms with Crippen molar-refractivity contribution in [3.8, 4) is 0 Å². The number of amides is 1. The minimum atomic E-state index is -0.589. The normalized spacial score (nSPS) is 16.4. The van der Waals surface area contributed by atoms with Crippen molar-refractivity contribution in [1.29, 1.82) is 0 Å². The molecule has 6 heteroatoms. The molecule has 0 aliphatic carbocycles. The Morgan fingerprint density at radius 1 is 1.19 bits per heavy atom. The fourth-order valence-corrected chi connectivity index (χ4v) is 3.77. The van der Waals surface area contributed by atoms with Gasteiger partial charge in [-0.3, -0.25) is 9.48 Å². The number of hydrogen-bond donors (Lipinski definition) is 1. The number of nitrogens with zero attached hydrogens (tertiary/aromatic N) is 3. The molecule has 0 bridgehead atoms. The van der Waals surface area contributed by atoms with Crippen LogP contribution < -0.4 is 5.32 Å². The van der Waals surface area contributed by atoms with Crippen LogP contribution in [0.25, 0.3) is 0 Å². The van der Waals surface area contributed by atoms with Gasteiger partial charge in [-0.05, 0) is 43.0 Å². The highest BCUT2D eigenvalue weighted by atomic mass is 35.5. The number of carbonyl (C=O) groups excluding carboxylic acids is 1. The molecule has 2 aromatic rings. The van der Waals surface area contributed by atoms with Gasteiger partial charge >= 0.3 is 0 Å². The fourth-order valence-electron chi connectivity index (χ4n) is 3.77. The van der Waals surface area contributed by atoms with Crippen LogP contribution >= 0.6 is 12.4 Å². The van der Waals surface area contributed by atoms with E-state index in [0.29, 0.717) is 6.54 Å². The van der Waals surface area contributed by atoms with Crippen molar-refractivity contribution < 1.29 is 4.79 Å². The van der Waals surface area contributed by atoms with Crippen LogP contribution in [0.2, 0.25) is 0 Å². The van der Waals surface area contributed by atoms with Gasteiger partial charge in [0.05, 0.1) is 0 Å². The zero-order valence-corrected chi connectivity index (χ0v) is 17.3. The Bertz CT molecular complexity index is 704. The van der Waals surface area contributed by atoms with Crippen LogP contribution in [0.3, 0.4) is 0 Å². The van der Waals surface area contributed by atoms with Gasteiger partial charge in [-0.1, -0.05) is 51.1 Å². The first-order valence-electron chi connectivity index (χ1n) is 9.45. The van der Waals surface area contributed by atoms with Crippen LogP contribution in [0.15, 0.2) is 48.8 Å². The van der Waals surface area contributed by atoms with Gasteiger partial charge in [0.2, 0.25) is 0 Å². The third-order valence-electron chi connectivity index (χ3n) is 4.94. The van der Waals surface area contributed by atoms with Crippen molar-refractivity contribution in [3.05, 3.63) is 54.4 Å². The number of rotatable bonds is 5. The van der Waals surface area contributed by atoms with Gasteiger partial charge in [0, 0.05) is 25.5 Å². The quantitative estimate of drug-likeness (QED) is 0.850. The second-order valence-corrected chi connectivity index (χ2v) is 8.44. The highest BCUT2D eigenvalue weighted by Gasteiger charge is 2.45. The maximum atomic E-state index is 13.8. The van der Waals surface area contributed by atoms with Gasteiger partial charge in [0.1, 0.15) is 5.54 Å². The van der Waals surface area contributed by atoms with E-state index in [1.807, 2.05) is 40.0 Å². The molecule has 1 saturated heterocycles. The smallest absolute Gasteiger partial charge is 0.250 e. The van der Waals surface area contributed by atoms with Gasteiger partial charge in [-0.2, -0.15) is 5.10 Å². The third kappa shape index (κ3) is 5.11. The van der Waals surface area contributed by atoms with Gasteiger partial charge in [-0.25, -0.2) is 0 Å². The van der Waals surface area contributed by atoms with Crippen molar-refractivity contribution in [2.75, 3.05) is 19.6 Å². The molecule has 3 rings (SSSR count). The first-order valence-corrected chi connectivity index (χ1v) is 9.45. The summed E-state index contributed by atoms with van der Waals surface area (Å²) in [5, 5.41) is 7.84. The lowest BCUT2D eigenvalue weighted by Crippen LogP contribution is -2.56. The van der Waals surface area contributed by atoms with E-state index in [2.05, 4.69) is 43.3 Å². The summed E-state index contributed by atoms with van der Waals surface area (Å²) in [6, 6.07) is 12.2. The zero-order chi connectivity index (χ0) is 18.6. The molecule has 0 unspecified atom stereocenters. The molecular formula is C21H31ClN4O. The molecule has 1 N–H and O–H groups in total. The van der Waals surface area contributed by atoms with Crippen LogP contribution in [-0.4, -0.2) is 40.2 Å². The lowest BCUT2D eigenvalue weighted by Gasteiger charge is -2.42. The fraction of sp³-hybridized carbons (Fsp3) is 0.524. The summed E-state index contributed by atoms with van der Waals surface area (Å²) >= 11 is 0. The molecule has 1 fully saturated rings. The summed E-state index contributed by atoms with van der Waals surface area (Å²) in [5.41, 5.74) is 0.604. The Morgan fingerprint density at radius 2 is 1.85 bits per heavy atom. The number of piperidine rings is 1. The number of aromatic nitrogens is 2. The summed E-state index contributed by atoms with van der Waals surface area (Å²) < 4.78 is 1.89. The van der Waals surface area contributed by atoms with Crippen molar-refractivity contribution in [2.24, 2.45) is 5.41 Å². The molecule has 5 nitrogen and oxygen atoms in total. The molecule has 1 aliphatic heterocycles. The maximum absolute atomic E-state index is 13.8. The molecular weight excluding hydrogens is 360 g/mol. The van der Waals surface area contributed by atoms with E-state index >= 15 is 0 Å². The molecule has 1 aromatic carbocycles. The van der Waals surface area contributed by atoms with E-state index in [1.54, 1.807) is 6.20 Å². The first kappa shape index (κ1) is 21.5. The Balaban J connectivity index is 0.00000261. The second kappa shape index (κ2) is 8.89. The first-order chi connectivity index (χ1) is 12.4. The summed E-state index contributed by atoms with van der Waals surface area (Å²) in [6.45, 7) is 9.56. The average molecular weight is 391 g/mol. The Morgan fingerprint density at radius 3 is 2.41 bits per heavy atom. The van der Waals surface area contributed by atoms with E-state index in [-0.39, 0.29) is 23.7 Å².